The summed E-state index contributed by atoms with van der Waals surface area (Å²) in [6.07, 6.45) is 0.648. The van der Waals surface area contributed by atoms with Crippen molar-refractivity contribution >= 4 is 23.5 Å². The highest BCUT2D eigenvalue weighted by atomic mass is 16.5. The van der Waals surface area contributed by atoms with Crippen molar-refractivity contribution in [2.45, 2.75) is 26.3 Å². The zero-order valence-electron chi connectivity index (χ0n) is 18.1. The third kappa shape index (κ3) is 4.96. The van der Waals surface area contributed by atoms with Gasteiger partial charge in [0.15, 0.2) is 18.1 Å². The molecule has 8 heteroatoms. The van der Waals surface area contributed by atoms with Gasteiger partial charge in [-0.1, -0.05) is 0 Å². The Morgan fingerprint density at radius 2 is 1.77 bits per heavy atom. The molecule has 1 heterocycles. The molecule has 2 aromatic rings. The van der Waals surface area contributed by atoms with Gasteiger partial charge in [-0.25, -0.2) is 4.79 Å². The smallest absolute Gasteiger partial charge is 0.337 e. The van der Waals surface area contributed by atoms with Crippen LogP contribution in [0.1, 0.15) is 40.1 Å². The molecular weight excluding hydrogens is 400 g/mol. The number of nitrogens with one attached hydrogen (secondary N) is 1. The molecular formula is C23H26N2O6. The maximum Gasteiger partial charge on any atom is 0.337 e. The van der Waals surface area contributed by atoms with E-state index in [1.807, 2.05) is 13.8 Å². The van der Waals surface area contributed by atoms with Crippen LogP contribution in [0.15, 0.2) is 36.4 Å². The van der Waals surface area contributed by atoms with E-state index in [2.05, 4.69) is 5.32 Å². The number of carbonyl (C=O) groups excluding carboxylic acids is 3. The van der Waals surface area contributed by atoms with Crippen LogP contribution in [0, 0.1) is 0 Å². The molecule has 2 aromatic carbocycles. The minimum atomic E-state index is -0.407. The molecule has 2 amide bonds. The molecule has 0 spiro atoms. The predicted octanol–water partition coefficient (Wildman–Crippen LogP) is 2.59. The van der Waals surface area contributed by atoms with Crippen LogP contribution < -0.4 is 19.7 Å². The molecule has 0 saturated heterocycles. The van der Waals surface area contributed by atoms with Gasteiger partial charge in [0, 0.05) is 23.8 Å². The summed E-state index contributed by atoms with van der Waals surface area (Å²) in [7, 11) is 2.81. The zero-order valence-corrected chi connectivity index (χ0v) is 18.1. The number of carbonyl (C=O) groups is 3. The number of rotatable bonds is 7. The van der Waals surface area contributed by atoms with E-state index in [-0.39, 0.29) is 24.5 Å². The lowest BCUT2D eigenvalue weighted by atomic mass is 10.1. The van der Waals surface area contributed by atoms with Gasteiger partial charge in [-0.15, -0.1) is 0 Å². The van der Waals surface area contributed by atoms with E-state index in [9.17, 15) is 14.4 Å². The van der Waals surface area contributed by atoms with Gasteiger partial charge in [-0.2, -0.15) is 0 Å². The molecule has 0 atom stereocenters. The Hall–Kier alpha value is -3.55. The first-order chi connectivity index (χ1) is 14.8. The standard InChI is InChI=1S/C23H26N2O6/c1-14(2)24-21(26)13-31-19-8-6-16(12-20(19)29-3)22(27)25-10-9-15-11-17(23(28)30-4)5-7-18(15)25/h5-8,11-12,14H,9-10,13H2,1-4H3,(H,24,26). The summed E-state index contributed by atoms with van der Waals surface area (Å²) >= 11 is 0. The molecule has 0 aromatic heterocycles. The number of hydrogen-bond acceptors (Lipinski definition) is 6. The largest absolute Gasteiger partial charge is 0.493 e. The van der Waals surface area contributed by atoms with E-state index in [0.717, 1.165) is 11.3 Å². The van der Waals surface area contributed by atoms with Crippen LogP contribution in [0.3, 0.4) is 0 Å². The molecule has 164 valence electrons. The van der Waals surface area contributed by atoms with Gasteiger partial charge in [0.25, 0.3) is 11.8 Å². The van der Waals surface area contributed by atoms with Crippen molar-refractivity contribution in [1.82, 2.24) is 5.32 Å². The van der Waals surface area contributed by atoms with Crippen molar-refractivity contribution in [3.63, 3.8) is 0 Å². The first kappa shape index (κ1) is 22.1. The Labute approximate surface area is 181 Å². The Bertz CT molecular complexity index is 1000. The third-order valence-corrected chi connectivity index (χ3v) is 4.86. The number of methoxy groups -OCH3 is 2. The Morgan fingerprint density at radius 3 is 2.45 bits per heavy atom. The fraction of sp³-hybridized carbons (Fsp3) is 0.348. The van der Waals surface area contributed by atoms with Crippen LogP contribution in [0.25, 0.3) is 0 Å². The minimum absolute atomic E-state index is 0.0185. The molecule has 1 aliphatic heterocycles. The van der Waals surface area contributed by atoms with Crippen LogP contribution in [0.2, 0.25) is 0 Å². The zero-order chi connectivity index (χ0) is 22.5. The Kier molecular flexibility index (Phi) is 6.79. The molecule has 8 nitrogen and oxygen atoms in total. The molecule has 31 heavy (non-hydrogen) atoms. The fourth-order valence-electron chi connectivity index (χ4n) is 3.44. The van der Waals surface area contributed by atoms with Gasteiger partial charge < -0.3 is 24.4 Å². The number of hydrogen-bond donors (Lipinski definition) is 1. The number of amides is 2. The van der Waals surface area contributed by atoms with Gasteiger partial charge in [0.05, 0.1) is 19.8 Å². The van der Waals surface area contributed by atoms with E-state index >= 15 is 0 Å². The first-order valence-corrected chi connectivity index (χ1v) is 9.97. The second-order valence-electron chi connectivity index (χ2n) is 7.42. The lowest BCUT2D eigenvalue weighted by molar-refractivity contribution is -0.123. The normalized spacial score (nSPS) is 12.4. The lowest BCUT2D eigenvalue weighted by Gasteiger charge is -2.19. The monoisotopic (exact) mass is 426 g/mol. The SMILES string of the molecule is COC(=O)c1ccc2c(c1)CCN2C(=O)c1ccc(OCC(=O)NC(C)C)c(OC)c1. The van der Waals surface area contributed by atoms with Crippen molar-refractivity contribution in [3.8, 4) is 11.5 Å². The summed E-state index contributed by atoms with van der Waals surface area (Å²) in [5.74, 6) is -0.0923. The van der Waals surface area contributed by atoms with E-state index in [0.29, 0.717) is 35.6 Å². The topological polar surface area (TPSA) is 94.2 Å². The number of benzene rings is 2. The van der Waals surface area contributed by atoms with Crippen molar-refractivity contribution in [1.29, 1.82) is 0 Å². The molecule has 0 fully saturated rings. The molecule has 0 bridgehead atoms. The number of fused-ring (bicyclic) bond motifs is 1. The van der Waals surface area contributed by atoms with Crippen LogP contribution in [-0.2, 0) is 16.0 Å². The van der Waals surface area contributed by atoms with E-state index in [1.54, 1.807) is 41.3 Å². The second kappa shape index (κ2) is 9.51. The van der Waals surface area contributed by atoms with Crippen LogP contribution in [0.4, 0.5) is 5.69 Å². The number of nitrogens with zero attached hydrogens (tertiary/aromatic N) is 1. The molecule has 1 aliphatic rings. The molecule has 0 aliphatic carbocycles. The maximum atomic E-state index is 13.1. The van der Waals surface area contributed by atoms with Gasteiger partial charge in [0.2, 0.25) is 0 Å². The second-order valence-corrected chi connectivity index (χ2v) is 7.42. The molecule has 3 rings (SSSR count). The van der Waals surface area contributed by atoms with E-state index < -0.39 is 5.97 Å². The van der Waals surface area contributed by atoms with Gasteiger partial charge >= 0.3 is 5.97 Å². The lowest BCUT2D eigenvalue weighted by Crippen LogP contribution is -2.34. The number of esters is 1. The Morgan fingerprint density at radius 1 is 1.03 bits per heavy atom. The van der Waals surface area contributed by atoms with Crippen molar-refractivity contribution in [2.24, 2.45) is 0 Å². The summed E-state index contributed by atoms with van der Waals surface area (Å²) in [5, 5.41) is 2.75. The van der Waals surface area contributed by atoms with Crippen molar-refractivity contribution in [3.05, 3.63) is 53.1 Å². The summed E-state index contributed by atoms with van der Waals surface area (Å²) < 4.78 is 15.7. The summed E-state index contributed by atoms with van der Waals surface area (Å²) in [6, 6.07) is 10.0. The van der Waals surface area contributed by atoms with Crippen molar-refractivity contribution < 1.29 is 28.6 Å². The molecule has 1 N–H and O–H groups in total. The average Bonchev–Trinajstić information content (AvgIpc) is 3.19. The molecule has 0 saturated carbocycles. The minimum Gasteiger partial charge on any atom is -0.493 e. The molecule has 0 radical (unpaired) electrons. The first-order valence-electron chi connectivity index (χ1n) is 9.97. The van der Waals surface area contributed by atoms with E-state index in [1.165, 1.54) is 14.2 Å². The highest BCUT2D eigenvalue weighted by Gasteiger charge is 2.27. The van der Waals surface area contributed by atoms with Crippen LogP contribution >= 0.6 is 0 Å². The summed E-state index contributed by atoms with van der Waals surface area (Å²) in [6.45, 7) is 4.09. The van der Waals surface area contributed by atoms with Gasteiger partial charge in [-0.05, 0) is 62.2 Å². The van der Waals surface area contributed by atoms with Crippen LogP contribution in [0.5, 0.6) is 11.5 Å². The highest BCUT2D eigenvalue weighted by molar-refractivity contribution is 6.08. The molecule has 0 unspecified atom stereocenters. The van der Waals surface area contributed by atoms with Crippen molar-refractivity contribution in [2.75, 3.05) is 32.3 Å². The van der Waals surface area contributed by atoms with Gasteiger partial charge in [-0.3, -0.25) is 9.59 Å². The summed E-state index contributed by atoms with van der Waals surface area (Å²) in [4.78, 5) is 38.4. The average molecular weight is 426 g/mol. The fourth-order valence-corrected chi connectivity index (χ4v) is 3.44. The quantitative estimate of drug-likeness (QED) is 0.684. The van der Waals surface area contributed by atoms with E-state index in [4.69, 9.17) is 14.2 Å². The maximum absolute atomic E-state index is 13.1. The van der Waals surface area contributed by atoms with Crippen LogP contribution in [-0.4, -0.2) is 51.2 Å². The predicted molar refractivity (Wildman–Crippen MR) is 115 cm³/mol. The Balaban J connectivity index is 1.76. The number of ether oxygens (including phenoxy) is 3. The highest BCUT2D eigenvalue weighted by Crippen LogP contribution is 2.33. The third-order valence-electron chi connectivity index (χ3n) is 4.86. The number of anilines is 1. The summed E-state index contributed by atoms with van der Waals surface area (Å²) in [5.41, 5.74) is 2.57. The van der Waals surface area contributed by atoms with Gasteiger partial charge in [0.1, 0.15) is 0 Å².